The molecule has 4 nitrogen and oxygen atoms in total. The van der Waals surface area contributed by atoms with Crippen molar-refractivity contribution in [2.45, 2.75) is 6.54 Å². The molecule has 0 radical (unpaired) electrons. The van der Waals surface area contributed by atoms with Crippen LogP contribution in [-0.2, 0) is 11.3 Å². The highest BCUT2D eigenvalue weighted by atomic mass is 35.5. The lowest BCUT2D eigenvalue weighted by atomic mass is 10.2. The average molecular weight is 447 g/mol. The van der Waals surface area contributed by atoms with E-state index in [0.29, 0.717) is 11.3 Å². The van der Waals surface area contributed by atoms with Gasteiger partial charge in [-0.1, -0.05) is 40.9 Å². The minimum Gasteiger partial charge on any atom is -0.494 e. The summed E-state index contributed by atoms with van der Waals surface area (Å²) in [6.07, 6.45) is 1.49. The zero-order chi connectivity index (χ0) is 19.7. The van der Waals surface area contributed by atoms with E-state index < -0.39 is 17.0 Å². The van der Waals surface area contributed by atoms with Crippen molar-refractivity contribution in [1.29, 1.82) is 0 Å². The first-order valence-electron chi connectivity index (χ1n) is 7.53. The number of methoxy groups -OCH3 is 1. The second-order valence-electron chi connectivity index (χ2n) is 5.49. The molecule has 2 aromatic carbocycles. The molecule has 9 heteroatoms. The van der Waals surface area contributed by atoms with Gasteiger partial charge in [0.2, 0.25) is 0 Å². The maximum Gasteiger partial charge on any atom is 0.293 e. The van der Waals surface area contributed by atoms with E-state index in [2.05, 4.69) is 0 Å². The highest BCUT2D eigenvalue weighted by Crippen LogP contribution is 2.38. The summed E-state index contributed by atoms with van der Waals surface area (Å²) in [4.78, 5) is 25.9. The molecule has 27 heavy (non-hydrogen) atoms. The molecule has 0 atom stereocenters. The summed E-state index contributed by atoms with van der Waals surface area (Å²) in [6.45, 7) is -0.252. The van der Waals surface area contributed by atoms with Crippen LogP contribution in [0.3, 0.4) is 0 Å². The number of imide groups is 1. The van der Waals surface area contributed by atoms with Crippen molar-refractivity contribution in [3.8, 4) is 5.75 Å². The second kappa shape index (κ2) is 8.10. The van der Waals surface area contributed by atoms with Crippen LogP contribution in [0, 0.1) is 5.82 Å². The number of amides is 2. The van der Waals surface area contributed by atoms with Gasteiger partial charge < -0.3 is 4.74 Å². The molecule has 0 saturated carbocycles. The van der Waals surface area contributed by atoms with Gasteiger partial charge in [0.25, 0.3) is 11.1 Å². The Hall–Kier alpha value is -1.73. The van der Waals surface area contributed by atoms with E-state index in [1.54, 1.807) is 12.1 Å². The van der Waals surface area contributed by atoms with Crippen molar-refractivity contribution in [1.82, 2.24) is 4.90 Å². The third-order valence-corrected chi connectivity index (χ3v) is 5.60. The van der Waals surface area contributed by atoms with E-state index in [9.17, 15) is 14.0 Å². The summed E-state index contributed by atoms with van der Waals surface area (Å²) >= 11 is 18.9. The molecule has 1 saturated heterocycles. The summed E-state index contributed by atoms with van der Waals surface area (Å²) in [7, 11) is 1.44. The van der Waals surface area contributed by atoms with Crippen LogP contribution in [0.25, 0.3) is 6.08 Å². The first-order valence-corrected chi connectivity index (χ1v) is 9.48. The fourth-order valence-electron chi connectivity index (χ4n) is 2.49. The molecule has 3 rings (SSSR count). The molecule has 1 aliphatic rings. The molecule has 1 heterocycles. The number of ether oxygens (including phenoxy) is 1. The Morgan fingerprint density at radius 1 is 1.15 bits per heavy atom. The Kier molecular flexibility index (Phi) is 6.01. The highest BCUT2D eigenvalue weighted by Gasteiger charge is 2.36. The number of halogens is 4. The predicted molar refractivity (Wildman–Crippen MR) is 106 cm³/mol. The van der Waals surface area contributed by atoms with Crippen molar-refractivity contribution in [2.24, 2.45) is 0 Å². The van der Waals surface area contributed by atoms with Gasteiger partial charge >= 0.3 is 0 Å². The van der Waals surface area contributed by atoms with Gasteiger partial charge in [-0.3, -0.25) is 14.5 Å². The standard InChI is InChI=1S/C18H11Cl3FNO3S/c1-26-16-12(20)5-9(6-13(16)21)7-15-17(24)23(18(25)27-15)8-10-11(19)3-2-4-14(10)22/h2-7H,8H2,1H3/b15-7-. The Morgan fingerprint density at radius 3 is 2.41 bits per heavy atom. The molecule has 0 unspecified atom stereocenters. The summed E-state index contributed by atoms with van der Waals surface area (Å²) in [5.41, 5.74) is 0.610. The monoisotopic (exact) mass is 445 g/mol. The lowest BCUT2D eigenvalue weighted by Crippen LogP contribution is -2.28. The first-order chi connectivity index (χ1) is 12.8. The molecule has 0 aliphatic carbocycles. The predicted octanol–water partition coefficient (Wildman–Crippen LogP) is 6.03. The van der Waals surface area contributed by atoms with Crippen LogP contribution in [0.1, 0.15) is 11.1 Å². The Morgan fingerprint density at radius 2 is 1.81 bits per heavy atom. The van der Waals surface area contributed by atoms with Gasteiger partial charge in [0.1, 0.15) is 5.82 Å². The van der Waals surface area contributed by atoms with Crippen LogP contribution >= 0.6 is 46.6 Å². The lowest BCUT2D eigenvalue weighted by Gasteiger charge is -2.14. The summed E-state index contributed by atoms with van der Waals surface area (Å²) in [5.74, 6) is -0.815. The van der Waals surface area contributed by atoms with Crippen LogP contribution in [0.5, 0.6) is 5.75 Å². The van der Waals surface area contributed by atoms with E-state index in [-0.39, 0.29) is 32.1 Å². The van der Waals surface area contributed by atoms with Crippen molar-refractivity contribution in [3.05, 3.63) is 67.2 Å². The molecule has 140 valence electrons. The number of thioether (sulfide) groups is 1. The third kappa shape index (κ3) is 4.09. The minimum absolute atomic E-state index is 0.0817. The average Bonchev–Trinajstić information content (AvgIpc) is 2.85. The van der Waals surface area contributed by atoms with E-state index in [4.69, 9.17) is 39.5 Å². The molecule has 0 aromatic heterocycles. The molecule has 2 aromatic rings. The quantitative estimate of drug-likeness (QED) is 0.538. The molecular weight excluding hydrogens is 436 g/mol. The molecule has 2 amide bonds. The van der Waals surface area contributed by atoms with Gasteiger partial charge in [0, 0.05) is 10.6 Å². The topological polar surface area (TPSA) is 46.6 Å². The maximum atomic E-state index is 14.0. The van der Waals surface area contributed by atoms with E-state index >= 15 is 0 Å². The second-order valence-corrected chi connectivity index (χ2v) is 7.70. The minimum atomic E-state index is -0.584. The van der Waals surface area contributed by atoms with Gasteiger partial charge in [-0.25, -0.2) is 4.39 Å². The molecular formula is C18H11Cl3FNO3S. The summed E-state index contributed by atoms with van der Waals surface area (Å²) in [5, 5.41) is 0.172. The third-order valence-electron chi connectivity index (χ3n) is 3.77. The number of carbonyl (C=O) groups is 2. The maximum absolute atomic E-state index is 14.0. The van der Waals surface area contributed by atoms with Crippen molar-refractivity contribution in [3.63, 3.8) is 0 Å². The SMILES string of the molecule is COc1c(Cl)cc(/C=C2\SC(=O)N(Cc3c(F)cccc3Cl)C2=O)cc1Cl. The van der Waals surface area contributed by atoms with Gasteiger partial charge in [0.15, 0.2) is 5.75 Å². The number of hydrogen-bond donors (Lipinski definition) is 0. The summed E-state index contributed by atoms with van der Waals surface area (Å²) in [6, 6.07) is 7.29. The number of benzene rings is 2. The van der Waals surface area contributed by atoms with Crippen molar-refractivity contribution in [2.75, 3.05) is 7.11 Å². The van der Waals surface area contributed by atoms with E-state index in [0.717, 1.165) is 16.7 Å². The van der Waals surface area contributed by atoms with Gasteiger partial charge in [-0.05, 0) is 47.7 Å². The number of hydrogen-bond acceptors (Lipinski definition) is 4. The number of nitrogens with zero attached hydrogens (tertiary/aromatic N) is 1. The first kappa shape index (κ1) is 20.0. The van der Waals surface area contributed by atoms with Crippen molar-refractivity contribution >= 4 is 63.8 Å². The molecule has 0 N–H and O–H groups in total. The lowest BCUT2D eigenvalue weighted by molar-refractivity contribution is -0.123. The van der Waals surface area contributed by atoms with Crippen LogP contribution in [0.4, 0.5) is 9.18 Å². The Labute approximate surface area is 173 Å². The molecule has 0 spiro atoms. The Balaban J connectivity index is 1.89. The Bertz CT molecular complexity index is 937. The zero-order valence-electron chi connectivity index (χ0n) is 13.8. The van der Waals surface area contributed by atoms with Gasteiger partial charge in [0.05, 0.1) is 28.6 Å². The summed E-state index contributed by atoms with van der Waals surface area (Å²) < 4.78 is 19.0. The smallest absolute Gasteiger partial charge is 0.293 e. The van der Waals surface area contributed by atoms with E-state index in [1.165, 1.54) is 31.4 Å². The molecule has 1 aliphatic heterocycles. The van der Waals surface area contributed by atoms with Gasteiger partial charge in [-0.2, -0.15) is 0 Å². The fourth-order valence-corrected chi connectivity index (χ4v) is 4.21. The van der Waals surface area contributed by atoms with Crippen LogP contribution in [0.15, 0.2) is 35.2 Å². The highest BCUT2D eigenvalue weighted by molar-refractivity contribution is 8.18. The van der Waals surface area contributed by atoms with Crippen LogP contribution < -0.4 is 4.74 Å². The van der Waals surface area contributed by atoms with Crippen molar-refractivity contribution < 1.29 is 18.7 Å². The number of rotatable bonds is 4. The number of carbonyl (C=O) groups excluding carboxylic acids is 2. The molecule has 0 bridgehead atoms. The zero-order valence-corrected chi connectivity index (χ0v) is 16.8. The molecule has 1 fully saturated rings. The van der Waals surface area contributed by atoms with Crippen LogP contribution in [-0.4, -0.2) is 23.2 Å². The van der Waals surface area contributed by atoms with E-state index in [1.807, 2.05) is 0 Å². The normalized spacial score (nSPS) is 15.7. The largest absolute Gasteiger partial charge is 0.494 e. The van der Waals surface area contributed by atoms with Crippen LogP contribution in [0.2, 0.25) is 15.1 Å². The fraction of sp³-hybridized carbons (Fsp3) is 0.111. The van der Waals surface area contributed by atoms with Gasteiger partial charge in [-0.15, -0.1) is 0 Å².